The zero-order valence-corrected chi connectivity index (χ0v) is 7.75. The third-order valence-corrected chi connectivity index (χ3v) is 3.23. The smallest absolute Gasteiger partial charge is 0.0557 e. The van der Waals surface area contributed by atoms with Crippen LogP contribution in [0.1, 0.15) is 29.0 Å². The van der Waals surface area contributed by atoms with E-state index in [1.165, 1.54) is 24.8 Å². The molecule has 2 aliphatic rings. The van der Waals surface area contributed by atoms with Crippen LogP contribution in [0.2, 0.25) is 0 Å². The second-order valence-electron chi connectivity index (χ2n) is 4.12. The van der Waals surface area contributed by atoms with Gasteiger partial charge < -0.3 is 4.74 Å². The summed E-state index contributed by atoms with van der Waals surface area (Å²) in [6.07, 6.45) is 3.92. The minimum atomic E-state index is 0.686. The first-order valence-corrected chi connectivity index (χ1v) is 5.13. The van der Waals surface area contributed by atoms with Crippen molar-refractivity contribution < 1.29 is 4.74 Å². The van der Waals surface area contributed by atoms with Crippen LogP contribution >= 0.6 is 0 Å². The molecule has 0 amide bonds. The van der Waals surface area contributed by atoms with Crippen LogP contribution in [-0.2, 0) is 17.6 Å². The van der Waals surface area contributed by atoms with Crippen LogP contribution in [0.3, 0.4) is 0 Å². The van der Waals surface area contributed by atoms with Crippen molar-refractivity contribution in [2.75, 3.05) is 13.2 Å². The average molecular weight is 174 g/mol. The molecule has 1 saturated heterocycles. The Bertz CT molecular complexity index is 326. The lowest BCUT2D eigenvalue weighted by atomic mass is 9.94. The molecule has 3 rings (SSSR count). The molecule has 0 saturated carbocycles. The topological polar surface area (TPSA) is 9.23 Å². The van der Waals surface area contributed by atoms with Crippen molar-refractivity contribution >= 4 is 0 Å². The first kappa shape index (κ1) is 7.57. The van der Waals surface area contributed by atoms with Gasteiger partial charge in [0.25, 0.3) is 0 Å². The van der Waals surface area contributed by atoms with Gasteiger partial charge in [-0.3, -0.25) is 0 Å². The summed E-state index contributed by atoms with van der Waals surface area (Å²) >= 11 is 0. The Hall–Kier alpha value is -0.820. The lowest BCUT2D eigenvalue weighted by Crippen LogP contribution is -2.25. The maximum Gasteiger partial charge on any atom is 0.0557 e. The second-order valence-corrected chi connectivity index (χ2v) is 4.12. The number of benzene rings is 1. The number of rotatable bonds is 1. The molecule has 1 nitrogen and oxygen atoms in total. The highest BCUT2D eigenvalue weighted by Gasteiger charge is 2.21. The Balaban J connectivity index is 1.95. The molecule has 1 heteroatoms. The van der Waals surface area contributed by atoms with Gasteiger partial charge in [-0.05, 0) is 36.0 Å². The fraction of sp³-hybridized carbons (Fsp3) is 0.500. The van der Waals surface area contributed by atoms with E-state index in [-0.39, 0.29) is 0 Å². The fourth-order valence-electron chi connectivity index (χ4n) is 2.27. The third-order valence-electron chi connectivity index (χ3n) is 3.23. The first-order valence-electron chi connectivity index (χ1n) is 5.13. The Morgan fingerprint density at radius 2 is 1.92 bits per heavy atom. The van der Waals surface area contributed by atoms with Gasteiger partial charge in [0.05, 0.1) is 13.2 Å². The third kappa shape index (κ3) is 1.19. The van der Waals surface area contributed by atoms with Crippen molar-refractivity contribution in [2.24, 2.45) is 0 Å². The zero-order chi connectivity index (χ0) is 8.67. The molecule has 0 aromatic heterocycles. The van der Waals surface area contributed by atoms with Crippen LogP contribution in [-0.4, -0.2) is 13.2 Å². The molecule has 0 spiro atoms. The maximum atomic E-state index is 5.21. The molecule has 1 fully saturated rings. The summed E-state index contributed by atoms with van der Waals surface area (Å²) in [5.41, 5.74) is 4.65. The SMILES string of the molecule is c1cc2c(cc1C1COC1)CCC2. The maximum absolute atomic E-state index is 5.21. The van der Waals surface area contributed by atoms with E-state index in [2.05, 4.69) is 18.2 Å². The fourth-order valence-corrected chi connectivity index (χ4v) is 2.27. The summed E-state index contributed by atoms with van der Waals surface area (Å²) in [6.45, 7) is 1.86. The van der Waals surface area contributed by atoms with Crippen molar-refractivity contribution in [3.05, 3.63) is 34.9 Å². The van der Waals surface area contributed by atoms with Crippen molar-refractivity contribution in [3.8, 4) is 0 Å². The van der Waals surface area contributed by atoms with Crippen LogP contribution in [0.25, 0.3) is 0 Å². The van der Waals surface area contributed by atoms with Crippen molar-refractivity contribution in [2.45, 2.75) is 25.2 Å². The largest absolute Gasteiger partial charge is 0.380 e. The molecule has 1 heterocycles. The van der Waals surface area contributed by atoms with E-state index in [1.54, 1.807) is 11.1 Å². The summed E-state index contributed by atoms with van der Waals surface area (Å²) in [7, 11) is 0. The van der Waals surface area contributed by atoms with Gasteiger partial charge in [-0.2, -0.15) is 0 Å². The van der Waals surface area contributed by atoms with Gasteiger partial charge in [0, 0.05) is 5.92 Å². The number of fused-ring (bicyclic) bond motifs is 1. The van der Waals surface area contributed by atoms with Crippen LogP contribution in [0.15, 0.2) is 18.2 Å². The van der Waals surface area contributed by atoms with E-state index in [4.69, 9.17) is 4.74 Å². The Morgan fingerprint density at radius 1 is 1.08 bits per heavy atom. The predicted molar refractivity (Wildman–Crippen MR) is 52.0 cm³/mol. The summed E-state index contributed by atoms with van der Waals surface area (Å²) in [4.78, 5) is 0. The van der Waals surface area contributed by atoms with E-state index in [1.807, 2.05) is 0 Å². The quantitative estimate of drug-likeness (QED) is 0.634. The highest BCUT2D eigenvalue weighted by molar-refractivity contribution is 5.37. The molecule has 1 aliphatic carbocycles. The second kappa shape index (κ2) is 2.85. The van der Waals surface area contributed by atoms with Gasteiger partial charge in [0.15, 0.2) is 0 Å². The summed E-state index contributed by atoms with van der Waals surface area (Å²) in [5, 5.41) is 0. The molecule has 1 aromatic carbocycles. The highest BCUT2D eigenvalue weighted by Crippen LogP contribution is 2.29. The number of hydrogen-bond donors (Lipinski definition) is 0. The molecule has 0 radical (unpaired) electrons. The van der Waals surface area contributed by atoms with Crippen molar-refractivity contribution in [3.63, 3.8) is 0 Å². The first-order chi connectivity index (χ1) is 6.43. The molecule has 1 aromatic rings. The Morgan fingerprint density at radius 3 is 2.69 bits per heavy atom. The van der Waals surface area contributed by atoms with Gasteiger partial charge in [-0.25, -0.2) is 0 Å². The Labute approximate surface area is 78.7 Å². The molecule has 13 heavy (non-hydrogen) atoms. The minimum absolute atomic E-state index is 0.686. The summed E-state index contributed by atoms with van der Waals surface area (Å²) in [5.74, 6) is 0.686. The average Bonchev–Trinajstić information content (AvgIpc) is 2.47. The van der Waals surface area contributed by atoms with Gasteiger partial charge in [0.1, 0.15) is 0 Å². The van der Waals surface area contributed by atoms with E-state index in [9.17, 15) is 0 Å². The van der Waals surface area contributed by atoms with Crippen LogP contribution < -0.4 is 0 Å². The lowest BCUT2D eigenvalue weighted by molar-refractivity contribution is 0.00840. The molecule has 0 unspecified atom stereocenters. The lowest BCUT2D eigenvalue weighted by Gasteiger charge is -2.26. The summed E-state index contributed by atoms with van der Waals surface area (Å²) < 4.78 is 5.21. The van der Waals surface area contributed by atoms with Crippen LogP contribution in [0, 0.1) is 0 Å². The van der Waals surface area contributed by atoms with Gasteiger partial charge in [0.2, 0.25) is 0 Å². The molecular formula is C12H14O. The van der Waals surface area contributed by atoms with Gasteiger partial charge in [-0.1, -0.05) is 18.2 Å². The van der Waals surface area contributed by atoms with Crippen LogP contribution in [0.5, 0.6) is 0 Å². The number of aryl methyl sites for hydroxylation is 2. The van der Waals surface area contributed by atoms with Crippen LogP contribution in [0.4, 0.5) is 0 Å². The zero-order valence-electron chi connectivity index (χ0n) is 7.75. The summed E-state index contributed by atoms with van der Waals surface area (Å²) in [6, 6.07) is 7.00. The molecular weight excluding hydrogens is 160 g/mol. The van der Waals surface area contributed by atoms with Crippen molar-refractivity contribution in [1.82, 2.24) is 0 Å². The van der Waals surface area contributed by atoms with E-state index in [0.717, 1.165) is 13.2 Å². The highest BCUT2D eigenvalue weighted by atomic mass is 16.5. The van der Waals surface area contributed by atoms with E-state index >= 15 is 0 Å². The predicted octanol–water partition coefficient (Wildman–Crippen LogP) is 2.29. The van der Waals surface area contributed by atoms with Gasteiger partial charge >= 0.3 is 0 Å². The number of ether oxygens (including phenoxy) is 1. The molecule has 0 N–H and O–H groups in total. The molecule has 0 bridgehead atoms. The molecule has 0 atom stereocenters. The van der Waals surface area contributed by atoms with Crippen molar-refractivity contribution in [1.29, 1.82) is 0 Å². The number of hydrogen-bond acceptors (Lipinski definition) is 1. The van der Waals surface area contributed by atoms with E-state index in [0.29, 0.717) is 5.92 Å². The van der Waals surface area contributed by atoms with Gasteiger partial charge in [-0.15, -0.1) is 0 Å². The van der Waals surface area contributed by atoms with E-state index < -0.39 is 0 Å². The molecule has 1 aliphatic heterocycles. The standard InChI is InChI=1S/C12H14O/c1-2-9-4-5-11(6-10(9)3-1)12-7-13-8-12/h4-6,12H,1-3,7-8H2. The molecule has 68 valence electrons. The minimum Gasteiger partial charge on any atom is -0.380 e. The monoisotopic (exact) mass is 174 g/mol. The normalized spacial score (nSPS) is 21.2. The Kier molecular flexibility index (Phi) is 1.66.